The van der Waals surface area contributed by atoms with Crippen LogP contribution in [0.2, 0.25) is 0 Å². The topological polar surface area (TPSA) is 72.6 Å². The fourth-order valence-corrected chi connectivity index (χ4v) is 1.94. The van der Waals surface area contributed by atoms with Crippen LogP contribution in [0, 0.1) is 0 Å². The summed E-state index contributed by atoms with van der Waals surface area (Å²) in [5, 5.41) is 0. The van der Waals surface area contributed by atoms with Crippen LogP contribution < -0.4 is 0 Å². The van der Waals surface area contributed by atoms with E-state index in [1.807, 2.05) is 0 Å². The molecule has 128 valence electrons. The number of aromatic nitrogens is 1. The van der Waals surface area contributed by atoms with Gasteiger partial charge in [0.1, 0.15) is 23.7 Å². The Balaban J connectivity index is 2.28. The lowest BCUT2D eigenvalue weighted by molar-refractivity contribution is -0.142. The van der Waals surface area contributed by atoms with Crippen LogP contribution in [0.4, 0.5) is 13.2 Å². The quantitative estimate of drug-likeness (QED) is 0.781. The maximum atomic E-state index is 12.8. The first-order valence-corrected chi connectivity index (χ1v) is 6.74. The van der Waals surface area contributed by atoms with Crippen molar-refractivity contribution >= 4 is 11.9 Å². The molecule has 0 unspecified atom stereocenters. The number of furan rings is 1. The molecule has 24 heavy (non-hydrogen) atoms. The molecule has 0 spiro atoms. The smallest absolute Gasteiger partial charge is 0.406 e. The monoisotopic (exact) mass is 342 g/mol. The van der Waals surface area contributed by atoms with Gasteiger partial charge in [-0.2, -0.15) is 13.2 Å². The van der Waals surface area contributed by atoms with Gasteiger partial charge in [0.25, 0.3) is 5.91 Å². The highest BCUT2D eigenvalue weighted by atomic mass is 19.4. The van der Waals surface area contributed by atoms with Crippen LogP contribution in [0.1, 0.15) is 26.7 Å². The highest BCUT2D eigenvalue weighted by molar-refractivity contribution is 5.94. The number of halogens is 3. The van der Waals surface area contributed by atoms with E-state index in [4.69, 9.17) is 4.42 Å². The first-order chi connectivity index (χ1) is 11.3. The van der Waals surface area contributed by atoms with Crippen molar-refractivity contribution in [3.8, 4) is 0 Å². The molecule has 2 rings (SSSR count). The Hall–Kier alpha value is -2.84. The van der Waals surface area contributed by atoms with Crippen molar-refractivity contribution < 1.29 is 31.9 Å². The summed E-state index contributed by atoms with van der Waals surface area (Å²) in [4.78, 5) is 28.1. The standard InChI is InChI=1S/C15H13F3N2O4/c1-23-14(22)12-6-2-5-11(19-12)13(21)20(9-15(16,17)18)8-10-4-3-7-24-10/h2-7H,8-9H2,1H3. The van der Waals surface area contributed by atoms with E-state index in [9.17, 15) is 22.8 Å². The molecule has 0 bridgehead atoms. The minimum Gasteiger partial charge on any atom is -0.467 e. The van der Waals surface area contributed by atoms with E-state index in [1.165, 1.54) is 36.6 Å². The van der Waals surface area contributed by atoms with Crippen LogP contribution in [0.15, 0.2) is 41.0 Å². The summed E-state index contributed by atoms with van der Waals surface area (Å²) < 4.78 is 47.7. The van der Waals surface area contributed by atoms with E-state index in [0.29, 0.717) is 4.90 Å². The third kappa shape index (κ3) is 4.58. The largest absolute Gasteiger partial charge is 0.467 e. The average Bonchev–Trinajstić information content (AvgIpc) is 3.04. The predicted molar refractivity (Wildman–Crippen MR) is 75.1 cm³/mol. The molecule has 0 atom stereocenters. The van der Waals surface area contributed by atoms with Crippen molar-refractivity contribution in [1.82, 2.24) is 9.88 Å². The zero-order valence-corrected chi connectivity index (χ0v) is 12.5. The maximum absolute atomic E-state index is 12.8. The molecule has 2 heterocycles. The Morgan fingerprint density at radius 2 is 1.92 bits per heavy atom. The van der Waals surface area contributed by atoms with E-state index in [2.05, 4.69) is 9.72 Å². The van der Waals surface area contributed by atoms with Gasteiger partial charge in [-0.1, -0.05) is 6.07 Å². The molecule has 1 amide bonds. The second kappa shape index (κ2) is 7.16. The molecule has 0 aliphatic carbocycles. The lowest BCUT2D eigenvalue weighted by Crippen LogP contribution is -2.39. The van der Waals surface area contributed by atoms with Crippen molar-refractivity contribution in [1.29, 1.82) is 0 Å². The molecule has 0 radical (unpaired) electrons. The highest BCUT2D eigenvalue weighted by Crippen LogP contribution is 2.20. The molecule has 2 aromatic heterocycles. The van der Waals surface area contributed by atoms with Gasteiger partial charge < -0.3 is 14.1 Å². The van der Waals surface area contributed by atoms with Crippen molar-refractivity contribution in [2.75, 3.05) is 13.7 Å². The normalized spacial score (nSPS) is 11.2. The Morgan fingerprint density at radius 3 is 2.50 bits per heavy atom. The molecule has 9 heteroatoms. The number of carbonyl (C=O) groups is 2. The summed E-state index contributed by atoms with van der Waals surface area (Å²) in [6, 6.07) is 6.81. The van der Waals surface area contributed by atoms with Gasteiger partial charge >= 0.3 is 12.1 Å². The number of pyridine rings is 1. The lowest BCUT2D eigenvalue weighted by atomic mass is 10.2. The highest BCUT2D eigenvalue weighted by Gasteiger charge is 2.34. The number of amides is 1. The summed E-state index contributed by atoms with van der Waals surface area (Å²) in [5.41, 5.74) is -0.470. The molecule has 2 aromatic rings. The fourth-order valence-electron chi connectivity index (χ4n) is 1.94. The van der Waals surface area contributed by atoms with Gasteiger partial charge in [0.15, 0.2) is 0 Å². The van der Waals surface area contributed by atoms with Crippen LogP contribution >= 0.6 is 0 Å². The van der Waals surface area contributed by atoms with Gasteiger partial charge in [0.05, 0.1) is 19.9 Å². The van der Waals surface area contributed by atoms with E-state index >= 15 is 0 Å². The number of methoxy groups -OCH3 is 1. The molecular weight excluding hydrogens is 329 g/mol. The van der Waals surface area contributed by atoms with Gasteiger partial charge in [-0.15, -0.1) is 0 Å². The van der Waals surface area contributed by atoms with Crippen LogP contribution in [0.3, 0.4) is 0 Å². The second-order valence-corrected chi connectivity index (χ2v) is 4.76. The third-order valence-corrected chi connectivity index (χ3v) is 2.95. The predicted octanol–water partition coefficient (Wildman–Crippen LogP) is 2.67. The molecule has 0 aromatic carbocycles. The second-order valence-electron chi connectivity index (χ2n) is 4.76. The van der Waals surface area contributed by atoms with Gasteiger partial charge in [-0.25, -0.2) is 9.78 Å². The number of ether oxygens (including phenoxy) is 1. The van der Waals surface area contributed by atoms with Gasteiger partial charge in [-0.05, 0) is 24.3 Å². The maximum Gasteiger partial charge on any atom is 0.406 e. The molecule has 0 fully saturated rings. The number of alkyl halides is 3. The van der Waals surface area contributed by atoms with Crippen LogP contribution in [-0.4, -0.2) is 41.6 Å². The zero-order valence-electron chi connectivity index (χ0n) is 12.5. The van der Waals surface area contributed by atoms with Crippen molar-refractivity contribution in [3.63, 3.8) is 0 Å². The van der Waals surface area contributed by atoms with E-state index in [1.54, 1.807) is 0 Å². The first-order valence-electron chi connectivity index (χ1n) is 6.74. The molecule has 0 N–H and O–H groups in total. The third-order valence-electron chi connectivity index (χ3n) is 2.95. The Labute approximate surface area is 134 Å². The number of hydrogen-bond donors (Lipinski definition) is 0. The van der Waals surface area contributed by atoms with Gasteiger partial charge in [0, 0.05) is 0 Å². The number of nitrogens with zero attached hydrogens (tertiary/aromatic N) is 2. The minimum atomic E-state index is -4.60. The first kappa shape index (κ1) is 17.5. The van der Waals surface area contributed by atoms with E-state index < -0.39 is 24.6 Å². The van der Waals surface area contributed by atoms with E-state index in [0.717, 1.165) is 7.11 Å². The molecule has 0 saturated heterocycles. The van der Waals surface area contributed by atoms with E-state index in [-0.39, 0.29) is 23.7 Å². The SMILES string of the molecule is COC(=O)c1cccc(C(=O)N(Cc2ccco2)CC(F)(F)F)n1. The summed E-state index contributed by atoms with van der Waals surface area (Å²) in [7, 11) is 1.13. The van der Waals surface area contributed by atoms with Gasteiger partial charge in [-0.3, -0.25) is 4.79 Å². The fraction of sp³-hybridized carbons (Fsp3) is 0.267. The summed E-state index contributed by atoms with van der Waals surface area (Å²) >= 11 is 0. The molecule has 0 aliphatic heterocycles. The van der Waals surface area contributed by atoms with Crippen LogP contribution in [0.5, 0.6) is 0 Å². The van der Waals surface area contributed by atoms with Crippen LogP contribution in [0.25, 0.3) is 0 Å². The van der Waals surface area contributed by atoms with Crippen molar-refractivity contribution in [3.05, 3.63) is 53.7 Å². The zero-order chi connectivity index (χ0) is 17.7. The van der Waals surface area contributed by atoms with Crippen molar-refractivity contribution in [2.45, 2.75) is 12.7 Å². The van der Waals surface area contributed by atoms with Crippen molar-refractivity contribution in [2.24, 2.45) is 0 Å². The average molecular weight is 342 g/mol. The number of esters is 1. The number of hydrogen-bond acceptors (Lipinski definition) is 5. The molecule has 6 nitrogen and oxygen atoms in total. The Kier molecular flexibility index (Phi) is 5.22. The Morgan fingerprint density at radius 1 is 1.21 bits per heavy atom. The summed E-state index contributed by atoms with van der Waals surface area (Å²) in [6.45, 7) is -1.86. The lowest BCUT2D eigenvalue weighted by Gasteiger charge is -2.22. The molecule has 0 saturated carbocycles. The summed E-state index contributed by atoms with van der Waals surface area (Å²) in [5.74, 6) is -1.58. The Bertz CT molecular complexity index is 714. The van der Waals surface area contributed by atoms with Crippen LogP contribution in [-0.2, 0) is 11.3 Å². The summed E-state index contributed by atoms with van der Waals surface area (Å²) in [6.07, 6.45) is -3.30. The minimum absolute atomic E-state index is 0.173. The molecular formula is C15H13F3N2O4. The van der Waals surface area contributed by atoms with Gasteiger partial charge in [0.2, 0.25) is 0 Å². The molecule has 0 aliphatic rings. The number of rotatable bonds is 5. The number of carbonyl (C=O) groups excluding carboxylic acids is 2.